The molecule has 1 aliphatic heterocycles. The van der Waals surface area contributed by atoms with Crippen LogP contribution >= 0.6 is 0 Å². The molecule has 2 heterocycles. The van der Waals surface area contributed by atoms with Crippen LogP contribution in [0.2, 0.25) is 0 Å². The van der Waals surface area contributed by atoms with E-state index in [-0.39, 0.29) is 6.10 Å². The Hall–Kier alpha value is -1.17. The van der Waals surface area contributed by atoms with Crippen LogP contribution in [-0.4, -0.2) is 47.3 Å². The number of morpholine rings is 1. The van der Waals surface area contributed by atoms with Crippen molar-refractivity contribution >= 4 is 5.82 Å². The van der Waals surface area contributed by atoms with Gasteiger partial charge in [0.2, 0.25) is 0 Å². The maximum atomic E-state index is 10.5. The monoisotopic (exact) mass is 265 g/mol. The van der Waals surface area contributed by atoms with Gasteiger partial charge in [0.15, 0.2) is 0 Å². The van der Waals surface area contributed by atoms with Crippen molar-refractivity contribution < 1.29 is 9.84 Å². The van der Waals surface area contributed by atoms with Crippen molar-refractivity contribution in [1.82, 2.24) is 9.88 Å². The number of rotatable bonds is 4. The summed E-state index contributed by atoms with van der Waals surface area (Å²) in [6, 6.07) is 1.88. The zero-order valence-electron chi connectivity index (χ0n) is 11.7. The zero-order valence-corrected chi connectivity index (χ0v) is 11.7. The van der Waals surface area contributed by atoms with Gasteiger partial charge in [-0.15, -0.1) is 0 Å². The van der Waals surface area contributed by atoms with Crippen LogP contribution in [0, 0.1) is 6.92 Å². The first-order valence-electron chi connectivity index (χ1n) is 6.86. The third kappa shape index (κ3) is 3.43. The van der Waals surface area contributed by atoms with E-state index in [1.54, 1.807) is 6.20 Å². The fourth-order valence-corrected chi connectivity index (χ4v) is 2.48. The van der Waals surface area contributed by atoms with Crippen LogP contribution in [0.3, 0.4) is 0 Å². The number of aryl methyl sites for hydroxylation is 1. The molecule has 0 amide bonds. The van der Waals surface area contributed by atoms with Crippen molar-refractivity contribution in [2.75, 3.05) is 32.0 Å². The molecule has 0 aliphatic carbocycles. The summed E-state index contributed by atoms with van der Waals surface area (Å²) in [5, 5.41) is 10.5. The molecule has 1 aromatic heterocycles. The summed E-state index contributed by atoms with van der Waals surface area (Å²) in [7, 11) is 0. The highest BCUT2D eigenvalue weighted by Crippen LogP contribution is 2.26. The summed E-state index contributed by atoms with van der Waals surface area (Å²) in [4.78, 5) is 6.41. The van der Waals surface area contributed by atoms with E-state index in [0.29, 0.717) is 18.0 Å². The number of hydrogen-bond acceptors (Lipinski definition) is 5. The lowest BCUT2D eigenvalue weighted by Crippen LogP contribution is -2.45. The minimum Gasteiger partial charge on any atom is -0.385 e. The predicted molar refractivity (Wildman–Crippen MR) is 74.8 cm³/mol. The number of nitrogen functional groups attached to an aromatic ring is 1. The Balaban J connectivity index is 2.10. The van der Waals surface area contributed by atoms with E-state index in [1.807, 2.05) is 13.0 Å². The molecule has 1 saturated heterocycles. The molecule has 0 saturated carbocycles. The first-order chi connectivity index (χ1) is 9.11. The fourth-order valence-electron chi connectivity index (χ4n) is 2.48. The highest BCUT2D eigenvalue weighted by molar-refractivity contribution is 5.42. The number of nitrogens with zero attached hydrogens (tertiary/aromatic N) is 2. The number of nitrogens with two attached hydrogens (primary N) is 1. The third-order valence-corrected chi connectivity index (χ3v) is 3.47. The average molecular weight is 265 g/mol. The van der Waals surface area contributed by atoms with Gasteiger partial charge in [0.1, 0.15) is 18.0 Å². The highest BCUT2D eigenvalue weighted by Gasteiger charge is 2.29. The van der Waals surface area contributed by atoms with Gasteiger partial charge in [0.25, 0.3) is 0 Å². The van der Waals surface area contributed by atoms with Gasteiger partial charge >= 0.3 is 0 Å². The first-order valence-corrected chi connectivity index (χ1v) is 6.86. The molecule has 1 fully saturated rings. The molecule has 0 bridgehead atoms. The number of ether oxygens (including phenoxy) is 1. The summed E-state index contributed by atoms with van der Waals surface area (Å²) in [5.41, 5.74) is 7.51. The summed E-state index contributed by atoms with van der Waals surface area (Å²) < 4.78 is 5.69. The summed E-state index contributed by atoms with van der Waals surface area (Å²) in [6.07, 6.45) is 1.87. The minimum absolute atomic E-state index is 0.230. The molecule has 5 heteroatoms. The van der Waals surface area contributed by atoms with E-state index in [9.17, 15) is 5.11 Å². The zero-order chi connectivity index (χ0) is 13.8. The lowest BCUT2D eigenvalue weighted by Gasteiger charge is -2.35. The molecule has 106 valence electrons. The molecule has 2 unspecified atom stereocenters. The molecule has 5 nitrogen and oxygen atoms in total. The quantitative estimate of drug-likeness (QED) is 0.853. The van der Waals surface area contributed by atoms with Crippen molar-refractivity contribution in [2.24, 2.45) is 0 Å². The van der Waals surface area contributed by atoms with Gasteiger partial charge in [-0.05, 0) is 31.5 Å². The van der Waals surface area contributed by atoms with Crippen molar-refractivity contribution in [3.63, 3.8) is 0 Å². The molecule has 1 aromatic rings. The number of hydrogen-bond donors (Lipinski definition) is 2. The lowest BCUT2D eigenvalue weighted by atomic mass is 10.0. The second-order valence-corrected chi connectivity index (χ2v) is 5.14. The average Bonchev–Trinajstić information content (AvgIpc) is 2.41. The second-order valence-electron chi connectivity index (χ2n) is 5.14. The van der Waals surface area contributed by atoms with Gasteiger partial charge in [-0.2, -0.15) is 0 Å². The van der Waals surface area contributed by atoms with E-state index >= 15 is 0 Å². The van der Waals surface area contributed by atoms with Crippen molar-refractivity contribution in [3.05, 3.63) is 23.4 Å². The summed E-state index contributed by atoms with van der Waals surface area (Å²) in [6.45, 7) is 7.45. The van der Waals surface area contributed by atoms with Gasteiger partial charge in [0.05, 0.1) is 6.61 Å². The number of aromatic nitrogens is 1. The second kappa shape index (κ2) is 6.32. The summed E-state index contributed by atoms with van der Waals surface area (Å²) >= 11 is 0. The normalized spacial score (nSPS) is 22.4. The Morgan fingerprint density at radius 1 is 1.63 bits per heavy atom. The van der Waals surface area contributed by atoms with Crippen molar-refractivity contribution in [2.45, 2.75) is 32.5 Å². The predicted octanol–water partition coefficient (Wildman–Crippen LogP) is 1.12. The minimum atomic E-state index is -0.716. The Morgan fingerprint density at radius 3 is 3.16 bits per heavy atom. The van der Waals surface area contributed by atoms with Crippen LogP contribution in [0.5, 0.6) is 0 Å². The SMILES string of the molecule is CCCN1CCOC(C(O)c2cc(C)cnc2N)C1. The first kappa shape index (κ1) is 14.2. The van der Waals surface area contributed by atoms with Crippen LogP contribution in [0.15, 0.2) is 12.3 Å². The largest absolute Gasteiger partial charge is 0.385 e. The number of pyridine rings is 1. The number of anilines is 1. The highest BCUT2D eigenvalue weighted by atomic mass is 16.5. The Kier molecular flexibility index (Phi) is 4.74. The van der Waals surface area contributed by atoms with Crippen molar-refractivity contribution in [1.29, 1.82) is 0 Å². The molecular weight excluding hydrogens is 242 g/mol. The van der Waals surface area contributed by atoms with E-state index in [2.05, 4.69) is 16.8 Å². The van der Waals surface area contributed by atoms with E-state index < -0.39 is 6.10 Å². The van der Waals surface area contributed by atoms with Crippen LogP contribution in [-0.2, 0) is 4.74 Å². The van der Waals surface area contributed by atoms with E-state index in [0.717, 1.165) is 31.6 Å². The molecule has 0 spiro atoms. The maximum absolute atomic E-state index is 10.5. The molecule has 19 heavy (non-hydrogen) atoms. The Morgan fingerprint density at radius 2 is 2.42 bits per heavy atom. The number of aliphatic hydroxyl groups excluding tert-OH is 1. The number of aliphatic hydroxyl groups is 1. The van der Waals surface area contributed by atoms with Gasteiger partial charge < -0.3 is 15.6 Å². The van der Waals surface area contributed by atoms with Crippen molar-refractivity contribution in [3.8, 4) is 0 Å². The molecule has 2 atom stereocenters. The third-order valence-electron chi connectivity index (χ3n) is 3.47. The van der Waals surface area contributed by atoms with Gasteiger partial charge in [-0.3, -0.25) is 4.90 Å². The molecular formula is C14H23N3O2. The van der Waals surface area contributed by atoms with E-state index in [4.69, 9.17) is 10.5 Å². The molecule has 2 rings (SSSR count). The topological polar surface area (TPSA) is 71.6 Å². The lowest BCUT2D eigenvalue weighted by molar-refractivity contribution is -0.0897. The molecule has 0 radical (unpaired) electrons. The van der Waals surface area contributed by atoms with Crippen LogP contribution in [0.25, 0.3) is 0 Å². The molecule has 0 aromatic carbocycles. The summed E-state index contributed by atoms with van der Waals surface area (Å²) in [5.74, 6) is 0.384. The van der Waals surface area contributed by atoms with Gasteiger partial charge in [-0.1, -0.05) is 6.92 Å². The van der Waals surface area contributed by atoms with E-state index in [1.165, 1.54) is 0 Å². The fraction of sp³-hybridized carbons (Fsp3) is 0.643. The maximum Gasteiger partial charge on any atom is 0.129 e. The Labute approximate surface area is 114 Å². The molecule has 1 aliphatic rings. The van der Waals surface area contributed by atoms with Gasteiger partial charge in [0, 0.05) is 24.8 Å². The Bertz CT molecular complexity index is 423. The molecule has 3 N–H and O–H groups in total. The van der Waals surface area contributed by atoms with Crippen LogP contribution in [0.1, 0.15) is 30.6 Å². The van der Waals surface area contributed by atoms with Crippen LogP contribution < -0.4 is 5.73 Å². The standard InChI is InChI=1S/C14H23N3O2/c1-3-4-17-5-6-19-12(9-17)13(18)11-7-10(2)8-16-14(11)15/h7-8,12-13,18H,3-6,9H2,1-2H3,(H2,15,16). The van der Waals surface area contributed by atoms with Crippen LogP contribution in [0.4, 0.5) is 5.82 Å². The smallest absolute Gasteiger partial charge is 0.129 e. The van der Waals surface area contributed by atoms with Gasteiger partial charge in [-0.25, -0.2) is 4.98 Å².